The summed E-state index contributed by atoms with van der Waals surface area (Å²) in [6, 6.07) is 4.04. The van der Waals surface area contributed by atoms with Crippen LogP contribution in [0.25, 0.3) is 0 Å². The molecule has 0 aliphatic heterocycles. The van der Waals surface area contributed by atoms with Crippen molar-refractivity contribution in [1.29, 1.82) is 0 Å². The van der Waals surface area contributed by atoms with Crippen molar-refractivity contribution in [2.45, 2.75) is 13.5 Å². The van der Waals surface area contributed by atoms with Crippen LogP contribution in [0.3, 0.4) is 0 Å². The highest BCUT2D eigenvalue weighted by Gasteiger charge is 2.06. The summed E-state index contributed by atoms with van der Waals surface area (Å²) >= 11 is 3.46. The van der Waals surface area contributed by atoms with Crippen LogP contribution in [0.1, 0.15) is 11.3 Å². The van der Waals surface area contributed by atoms with Gasteiger partial charge >= 0.3 is 0 Å². The summed E-state index contributed by atoms with van der Waals surface area (Å²) in [7, 11) is 1.82. The molecule has 94 valence electrons. The predicted molar refractivity (Wildman–Crippen MR) is 75.6 cm³/mol. The number of hydrogen-bond acceptors (Lipinski definition) is 5. The largest absolute Gasteiger partial charge is 0.372 e. The smallest absolute Gasteiger partial charge is 0.146 e. The summed E-state index contributed by atoms with van der Waals surface area (Å²) in [5.74, 6) is 1.52. The van der Waals surface area contributed by atoms with Crippen LogP contribution in [0.5, 0.6) is 0 Å². The van der Waals surface area contributed by atoms with Crippen LogP contribution in [-0.2, 0) is 6.54 Å². The molecule has 2 rings (SSSR count). The molecule has 2 N–H and O–H groups in total. The Balaban J connectivity index is 2.08. The average Bonchev–Trinajstić information content (AvgIpc) is 2.39. The zero-order valence-electron chi connectivity index (χ0n) is 10.2. The first-order valence-corrected chi connectivity index (χ1v) is 6.33. The molecule has 0 spiro atoms. The molecule has 18 heavy (non-hydrogen) atoms. The number of halogens is 1. The minimum absolute atomic E-state index is 0.673. The third-order valence-electron chi connectivity index (χ3n) is 2.46. The molecule has 0 unspecified atom stereocenters. The molecule has 6 heteroatoms. The number of nitrogens with one attached hydrogen (secondary N) is 2. The van der Waals surface area contributed by atoms with E-state index in [1.807, 2.05) is 32.3 Å². The molecule has 2 heterocycles. The maximum Gasteiger partial charge on any atom is 0.146 e. The van der Waals surface area contributed by atoms with Crippen LogP contribution in [0.15, 0.2) is 29.1 Å². The lowest BCUT2D eigenvalue weighted by atomic mass is 10.2. The molecule has 0 saturated heterocycles. The fraction of sp³-hybridized carbons (Fsp3) is 0.250. The van der Waals surface area contributed by atoms with Crippen molar-refractivity contribution in [2.24, 2.45) is 0 Å². The Kier molecular flexibility index (Phi) is 4.09. The maximum atomic E-state index is 4.25. The Labute approximate surface area is 114 Å². The van der Waals surface area contributed by atoms with Gasteiger partial charge in [-0.1, -0.05) is 6.07 Å². The van der Waals surface area contributed by atoms with Crippen molar-refractivity contribution >= 4 is 27.6 Å². The Bertz CT molecular complexity index is 526. The maximum absolute atomic E-state index is 4.25. The van der Waals surface area contributed by atoms with Crippen LogP contribution >= 0.6 is 15.9 Å². The van der Waals surface area contributed by atoms with Gasteiger partial charge < -0.3 is 10.6 Å². The van der Waals surface area contributed by atoms with Gasteiger partial charge in [0, 0.05) is 25.5 Å². The van der Waals surface area contributed by atoms with E-state index in [2.05, 4.69) is 41.5 Å². The minimum Gasteiger partial charge on any atom is -0.372 e. The lowest BCUT2D eigenvalue weighted by Gasteiger charge is -2.09. The van der Waals surface area contributed by atoms with Crippen molar-refractivity contribution in [3.8, 4) is 0 Å². The van der Waals surface area contributed by atoms with Crippen LogP contribution in [-0.4, -0.2) is 22.0 Å². The molecule has 0 saturated carbocycles. The number of pyridine rings is 1. The number of nitrogens with zero attached hydrogens (tertiary/aromatic N) is 3. The second-order valence-corrected chi connectivity index (χ2v) is 4.59. The summed E-state index contributed by atoms with van der Waals surface area (Å²) < 4.78 is 0.826. The molecule has 0 bridgehead atoms. The summed E-state index contributed by atoms with van der Waals surface area (Å²) in [4.78, 5) is 12.5. The SMILES string of the molecule is CNc1ncnc(NCc2ccc(C)nc2)c1Br. The highest BCUT2D eigenvalue weighted by molar-refractivity contribution is 9.10. The summed E-state index contributed by atoms with van der Waals surface area (Å²) in [5, 5.41) is 6.24. The Hall–Kier alpha value is -1.69. The Morgan fingerprint density at radius 1 is 1.17 bits per heavy atom. The van der Waals surface area contributed by atoms with E-state index in [1.54, 1.807) is 0 Å². The van der Waals surface area contributed by atoms with Crippen molar-refractivity contribution in [1.82, 2.24) is 15.0 Å². The molecule has 0 aromatic carbocycles. The third kappa shape index (κ3) is 2.95. The number of aryl methyl sites for hydroxylation is 1. The van der Waals surface area contributed by atoms with Gasteiger partial charge in [-0.05, 0) is 34.5 Å². The monoisotopic (exact) mass is 307 g/mol. The van der Waals surface area contributed by atoms with Gasteiger partial charge in [-0.2, -0.15) is 0 Å². The van der Waals surface area contributed by atoms with Gasteiger partial charge in [0.2, 0.25) is 0 Å². The van der Waals surface area contributed by atoms with E-state index in [9.17, 15) is 0 Å². The van der Waals surface area contributed by atoms with E-state index >= 15 is 0 Å². The lowest BCUT2D eigenvalue weighted by Crippen LogP contribution is -2.05. The van der Waals surface area contributed by atoms with E-state index in [4.69, 9.17) is 0 Å². The molecule has 0 aliphatic rings. The zero-order chi connectivity index (χ0) is 13.0. The van der Waals surface area contributed by atoms with Crippen molar-refractivity contribution in [3.05, 3.63) is 40.4 Å². The number of rotatable bonds is 4. The third-order valence-corrected chi connectivity index (χ3v) is 3.21. The lowest BCUT2D eigenvalue weighted by molar-refractivity contribution is 1.05. The topological polar surface area (TPSA) is 62.7 Å². The summed E-state index contributed by atoms with van der Waals surface area (Å²) in [5.41, 5.74) is 2.12. The molecular formula is C12H14BrN5. The molecule has 0 fully saturated rings. The van der Waals surface area contributed by atoms with Crippen molar-refractivity contribution < 1.29 is 0 Å². The second kappa shape index (κ2) is 5.77. The van der Waals surface area contributed by atoms with Crippen LogP contribution in [0.2, 0.25) is 0 Å². The minimum atomic E-state index is 0.673. The van der Waals surface area contributed by atoms with E-state index in [1.165, 1.54) is 6.33 Å². The van der Waals surface area contributed by atoms with E-state index in [0.717, 1.165) is 27.4 Å². The number of aromatic nitrogens is 3. The second-order valence-electron chi connectivity index (χ2n) is 3.80. The molecule has 5 nitrogen and oxygen atoms in total. The van der Waals surface area contributed by atoms with Gasteiger partial charge in [0.1, 0.15) is 22.4 Å². The van der Waals surface area contributed by atoms with E-state index < -0.39 is 0 Å². The molecule has 0 atom stereocenters. The highest BCUT2D eigenvalue weighted by atomic mass is 79.9. The van der Waals surface area contributed by atoms with Crippen molar-refractivity contribution in [3.63, 3.8) is 0 Å². The molecular weight excluding hydrogens is 294 g/mol. The van der Waals surface area contributed by atoms with Crippen LogP contribution in [0.4, 0.5) is 11.6 Å². The molecule has 2 aromatic rings. The van der Waals surface area contributed by atoms with Gasteiger partial charge in [-0.3, -0.25) is 4.98 Å². The normalized spacial score (nSPS) is 10.2. The Morgan fingerprint density at radius 2 is 1.94 bits per heavy atom. The van der Waals surface area contributed by atoms with Gasteiger partial charge in [-0.25, -0.2) is 9.97 Å². The standard InChI is InChI=1S/C12H14BrN5/c1-8-3-4-9(5-15-8)6-16-12-10(13)11(14-2)17-7-18-12/h3-5,7H,6H2,1-2H3,(H2,14,16,17,18). The van der Waals surface area contributed by atoms with Gasteiger partial charge in [0.25, 0.3) is 0 Å². The fourth-order valence-corrected chi connectivity index (χ4v) is 2.00. The van der Waals surface area contributed by atoms with E-state index in [0.29, 0.717) is 6.54 Å². The first kappa shape index (κ1) is 12.8. The van der Waals surface area contributed by atoms with E-state index in [-0.39, 0.29) is 0 Å². The van der Waals surface area contributed by atoms with Gasteiger partial charge in [0.05, 0.1) is 0 Å². The zero-order valence-corrected chi connectivity index (χ0v) is 11.8. The first-order chi connectivity index (χ1) is 8.70. The predicted octanol–water partition coefficient (Wildman–Crippen LogP) is 2.60. The molecule has 0 aliphatic carbocycles. The average molecular weight is 308 g/mol. The number of anilines is 2. The highest BCUT2D eigenvalue weighted by Crippen LogP contribution is 2.26. The van der Waals surface area contributed by atoms with Gasteiger partial charge in [-0.15, -0.1) is 0 Å². The summed E-state index contributed by atoms with van der Waals surface area (Å²) in [6.07, 6.45) is 3.38. The fourth-order valence-electron chi connectivity index (χ4n) is 1.46. The molecule has 0 amide bonds. The first-order valence-electron chi connectivity index (χ1n) is 5.54. The Morgan fingerprint density at radius 3 is 2.61 bits per heavy atom. The molecule has 0 radical (unpaired) electrons. The summed E-state index contributed by atoms with van der Waals surface area (Å²) in [6.45, 7) is 2.64. The van der Waals surface area contributed by atoms with Gasteiger partial charge in [0.15, 0.2) is 0 Å². The quantitative estimate of drug-likeness (QED) is 0.909. The number of hydrogen-bond donors (Lipinski definition) is 2. The van der Waals surface area contributed by atoms with Crippen LogP contribution in [0, 0.1) is 6.92 Å². The van der Waals surface area contributed by atoms with Crippen molar-refractivity contribution in [2.75, 3.05) is 17.7 Å². The van der Waals surface area contributed by atoms with Crippen LogP contribution < -0.4 is 10.6 Å². The molecule has 2 aromatic heterocycles.